The predicted octanol–water partition coefficient (Wildman–Crippen LogP) is 1.23. The predicted molar refractivity (Wildman–Crippen MR) is 71.8 cm³/mol. The molecular formula is C13H21N3O3. The standard InChI is InChI=1S/C13H21N3O3/c1-16(9-6-4-5-7-10(9)17)13-14-11(18-2)8-12(15-13)19-3/h8-10,17H,4-7H2,1-3H3. The fraction of sp³-hybridized carbons (Fsp3) is 0.692. The fourth-order valence-corrected chi connectivity index (χ4v) is 2.45. The van der Waals surface area contributed by atoms with Crippen LogP contribution in [0.4, 0.5) is 5.95 Å². The summed E-state index contributed by atoms with van der Waals surface area (Å²) in [7, 11) is 5.01. The van der Waals surface area contributed by atoms with Crippen molar-refractivity contribution in [1.82, 2.24) is 9.97 Å². The molecule has 0 aliphatic heterocycles. The van der Waals surface area contributed by atoms with Crippen LogP contribution in [0.3, 0.4) is 0 Å². The van der Waals surface area contributed by atoms with E-state index in [1.807, 2.05) is 11.9 Å². The third-order valence-corrected chi connectivity index (χ3v) is 3.59. The number of aliphatic hydroxyl groups excluding tert-OH is 1. The lowest BCUT2D eigenvalue weighted by atomic mass is 9.92. The van der Waals surface area contributed by atoms with Gasteiger partial charge in [0.2, 0.25) is 17.7 Å². The third-order valence-electron chi connectivity index (χ3n) is 3.59. The SMILES string of the molecule is COc1cc(OC)nc(N(C)C2CCCCC2O)n1. The molecule has 0 spiro atoms. The first-order valence-electron chi connectivity index (χ1n) is 6.53. The minimum Gasteiger partial charge on any atom is -0.481 e. The summed E-state index contributed by atoms with van der Waals surface area (Å²) in [5, 5.41) is 10.1. The zero-order valence-corrected chi connectivity index (χ0v) is 11.7. The molecule has 0 bridgehead atoms. The number of aromatic nitrogens is 2. The number of rotatable bonds is 4. The van der Waals surface area contributed by atoms with Crippen LogP contribution < -0.4 is 14.4 Å². The highest BCUT2D eigenvalue weighted by Gasteiger charge is 2.28. The smallest absolute Gasteiger partial charge is 0.232 e. The van der Waals surface area contributed by atoms with Gasteiger partial charge in [0.25, 0.3) is 0 Å². The highest BCUT2D eigenvalue weighted by atomic mass is 16.5. The normalized spacial score (nSPS) is 22.9. The van der Waals surface area contributed by atoms with Gasteiger partial charge in [-0.25, -0.2) is 0 Å². The molecule has 0 amide bonds. The highest BCUT2D eigenvalue weighted by Crippen LogP contribution is 2.27. The van der Waals surface area contributed by atoms with Crippen molar-refractivity contribution in [3.05, 3.63) is 6.07 Å². The van der Waals surface area contributed by atoms with Crippen molar-refractivity contribution in [2.45, 2.75) is 37.8 Å². The van der Waals surface area contributed by atoms with E-state index in [-0.39, 0.29) is 12.1 Å². The summed E-state index contributed by atoms with van der Waals surface area (Å²) < 4.78 is 10.3. The van der Waals surface area contributed by atoms with Crippen LogP contribution in [0.25, 0.3) is 0 Å². The van der Waals surface area contributed by atoms with E-state index >= 15 is 0 Å². The van der Waals surface area contributed by atoms with E-state index in [2.05, 4.69) is 9.97 Å². The van der Waals surface area contributed by atoms with Crippen LogP contribution in [0.5, 0.6) is 11.8 Å². The van der Waals surface area contributed by atoms with E-state index in [4.69, 9.17) is 9.47 Å². The summed E-state index contributed by atoms with van der Waals surface area (Å²) in [4.78, 5) is 10.5. The Morgan fingerprint density at radius 3 is 2.26 bits per heavy atom. The van der Waals surface area contributed by atoms with Crippen molar-refractivity contribution in [2.24, 2.45) is 0 Å². The molecule has 19 heavy (non-hydrogen) atoms. The van der Waals surface area contributed by atoms with Crippen molar-refractivity contribution >= 4 is 5.95 Å². The van der Waals surface area contributed by atoms with Crippen LogP contribution in [0.15, 0.2) is 6.07 Å². The van der Waals surface area contributed by atoms with Crippen LogP contribution in [0.1, 0.15) is 25.7 Å². The number of hydrogen-bond donors (Lipinski definition) is 1. The number of methoxy groups -OCH3 is 2. The van der Waals surface area contributed by atoms with Gasteiger partial charge < -0.3 is 19.5 Å². The van der Waals surface area contributed by atoms with Gasteiger partial charge in [0, 0.05) is 7.05 Å². The average molecular weight is 267 g/mol. The second-order valence-electron chi connectivity index (χ2n) is 4.78. The summed E-state index contributed by atoms with van der Waals surface area (Å²) in [6.45, 7) is 0. The molecule has 1 fully saturated rings. The van der Waals surface area contributed by atoms with E-state index < -0.39 is 0 Å². The molecule has 1 saturated carbocycles. The lowest BCUT2D eigenvalue weighted by Crippen LogP contribution is -2.44. The number of likely N-dealkylation sites (N-methyl/N-ethyl adjacent to an activating group) is 1. The quantitative estimate of drug-likeness (QED) is 0.885. The maximum Gasteiger partial charge on any atom is 0.232 e. The molecule has 0 saturated heterocycles. The molecule has 6 nitrogen and oxygen atoms in total. The molecule has 0 aromatic carbocycles. The molecule has 2 rings (SSSR count). The second kappa shape index (κ2) is 6.06. The second-order valence-corrected chi connectivity index (χ2v) is 4.78. The molecule has 1 aromatic rings. The van der Waals surface area contributed by atoms with Gasteiger partial charge in [-0.1, -0.05) is 12.8 Å². The Balaban J connectivity index is 2.24. The van der Waals surface area contributed by atoms with Crippen LogP contribution in [0.2, 0.25) is 0 Å². The van der Waals surface area contributed by atoms with Crippen molar-refractivity contribution < 1.29 is 14.6 Å². The lowest BCUT2D eigenvalue weighted by Gasteiger charge is -2.35. The Bertz CT molecular complexity index is 405. The maximum absolute atomic E-state index is 10.1. The topological polar surface area (TPSA) is 67.7 Å². The van der Waals surface area contributed by atoms with Crippen molar-refractivity contribution in [3.8, 4) is 11.8 Å². The minimum atomic E-state index is -0.334. The molecule has 0 radical (unpaired) electrons. The first kappa shape index (κ1) is 13.9. The van der Waals surface area contributed by atoms with Crippen LogP contribution in [-0.4, -0.2) is 48.5 Å². The van der Waals surface area contributed by atoms with E-state index in [1.165, 1.54) is 0 Å². The molecule has 1 aliphatic carbocycles. The van der Waals surface area contributed by atoms with Gasteiger partial charge in [-0.05, 0) is 12.8 Å². The van der Waals surface area contributed by atoms with Crippen molar-refractivity contribution in [2.75, 3.05) is 26.2 Å². The highest BCUT2D eigenvalue weighted by molar-refractivity contribution is 5.37. The fourth-order valence-electron chi connectivity index (χ4n) is 2.45. The van der Waals surface area contributed by atoms with Crippen molar-refractivity contribution in [3.63, 3.8) is 0 Å². The maximum atomic E-state index is 10.1. The Morgan fingerprint density at radius 2 is 1.74 bits per heavy atom. The third kappa shape index (κ3) is 3.07. The van der Waals surface area contributed by atoms with Gasteiger partial charge >= 0.3 is 0 Å². The Kier molecular flexibility index (Phi) is 4.42. The molecule has 1 heterocycles. The molecule has 2 atom stereocenters. The zero-order chi connectivity index (χ0) is 13.8. The molecule has 2 unspecified atom stereocenters. The number of hydrogen-bond acceptors (Lipinski definition) is 6. The number of aliphatic hydroxyl groups is 1. The monoisotopic (exact) mass is 267 g/mol. The molecule has 1 aliphatic rings. The Hall–Kier alpha value is -1.56. The van der Waals surface area contributed by atoms with Crippen LogP contribution in [-0.2, 0) is 0 Å². The zero-order valence-electron chi connectivity index (χ0n) is 11.7. The summed E-state index contributed by atoms with van der Waals surface area (Å²) in [5.41, 5.74) is 0. The first-order chi connectivity index (χ1) is 9.15. The largest absolute Gasteiger partial charge is 0.481 e. The Morgan fingerprint density at radius 1 is 1.16 bits per heavy atom. The summed E-state index contributed by atoms with van der Waals surface area (Å²) in [6.07, 6.45) is 3.64. The van der Waals surface area contributed by atoms with Gasteiger partial charge in [0.15, 0.2) is 0 Å². The molecule has 1 aromatic heterocycles. The first-order valence-corrected chi connectivity index (χ1v) is 6.53. The van der Waals surface area contributed by atoms with Gasteiger partial charge in [0.05, 0.1) is 32.4 Å². The van der Waals surface area contributed by atoms with Gasteiger partial charge in [-0.2, -0.15) is 9.97 Å². The number of anilines is 1. The average Bonchev–Trinajstić information content (AvgIpc) is 2.46. The van der Waals surface area contributed by atoms with Gasteiger partial charge in [-0.15, -0.1) is 0 Å². The van der Waals surface area contributed by atoms with E-state index in [9.17, 15) is 5.11 Å². The number of nitrogens with zero attached hydrogens (tertiary/aromatic N) is 3. The van der Waals surface area contributed by atoms with E-state index in [0.717, 1.165) is 25.7 Å². The van der Waals surface area contributed by atoms with E-state index in [0.29, 0.717) is 17.7 Å². The summed E-state index contributed by atoms with van der Waals surface area (Å²) in [6, 6.07) is 1.68. The van der Waals surface area contributed by atoms with E-state index in [1.54, 1.807) is 20.3 Å². The lowest BCUT2D eigenvalue weighted by molar-refractivity contribution is 0.105. The van der Waals surface area contributed by atoms with Crippen LogP contribution in [0, 0.1) is 0 Å². The van der Waals surface area contributed by atoms with Gasteiger partial charge in [-0.3, -0.25) is 0 Å². The summed E-state index contributed by atoms with van der Waals surface area (Å²) >= 11 is 0. The molecule has 1 N–H and O–H groups in total. The molecule has 106 valence electrons. The minimum absolute atomic E-state index is 0.0468. The van der Waals surface area contributed by atoms with Crippen molar-refractivity contribution in [1.29, 1.82) is 0 Å². The van der Waals surface area contributed by atoms with Gasteiger partial charge in [0.1, 0.15) is 0 Å². The molecule has 6 heteroatoms. The Labute approximate surface area is 113 Å². The molecular weight excluding hydrogens is 246 g/mol. The summed E-state index contributed by atoms with van der Waals surface area (Å²) in [5.74, 6) is 1.43. The van der Waals surface area contributed by atoms with Crippen LogP contribution >= 0.6 is 0 Å². The number of ether oxygens (including phenoxy) is 2.